The van der Waals surface area contributed by atoms with E-state index in [0.29, 0.717) is 17.4 Å². The smallest absolute Gasteiger partial charge is 0.258 e. The monoisotopic (exact) mass is 159 g/mol. The molecule has 1 saturated heterocycles. The maximum atomic E-state index is 10.6. The van der Waals surface area contributed by atoms with E-state index in [-0.39, 0.29) is 0 Å². The molecule has 1 atom stereocenters. The van der Waals surface area contributed by atoms with Crippen LogP contribution in [0.2, 0.25) is 0 Å². The van der Waals surface area contributed by atoms with Gasteiger partial charge < -0.3 is 5.11 Å². The molecule has 1 aliphatic heterocycles. The van der Waals surface area contributed by atoms with E-state index in [1.807, 2.05) is 14.1 Å². The first-order valence-corrected chi connectivity index (χ1v) is 3.71. The minimum absolute atomic E-state index is 0.441. The van der Waals surface area contributed by atoms with E-state index in [1.165, 1.54) is 5.01 Å². The second-order valence-corrected chi connectivity index (χ2v) is 3.76. The molecule has 4 nitrogen and oxygen atoms in total. The largest absolute Gasteiger partial charge is 0.367 e. The Hall–Kier alpha value is -0.610. The van der Waals surface area contributed by atoms with Crippen molar-refractivity contribution in [2.75, 3.05) is 20.6 Å². The Bertz CT molecular complexity index is 161. The molecule has 0 aromatic carbocycles. The Morgan fingerprint density at radius 1 is 1.64 bits per heavy atom. The standard InChI is InChI=1S/C7H15N2O2/c1-7(11)4-5-9(2,3)8(7)6-10/h6,11H,4-5H2,1-3H3/q+1/t7-/m1/s1. The second kappa shape index (κ2) is 2.19. The summed E-state index contributed by atoms with van der Waals surface area (Å²) < 4.78 is 0.441. The molecule has 0 bridgehead atoms. The Kier molecular flexibility index (Phi) is 1.69. The molecule has 0 aromatic heterocycles. The summed E-state index contributed by atoms with van der Waals surface area (Å²) in [5, 5.41) is 11.1. The highest BCUT2D eigenvalue weighted by Crippen LogP contribution is 2.28. The molecular weight excluding hydrogens is 144 g/mol. The summed E-state index contributed by atoms with van der Waals surface area (Å²) in [4.78, 5) is 10.6. The lowest BCUT2D eigenvalue weighted by molar-refractivity contribution is -0.983. The van der Waals surface area contributed by atoms with Crippen molar-refractivity contribution in [1.29, 1.82) is 0 Å². The minimum Gasteiger partial charge on any atom is -0.367 e. The van der Waals surface area contributed by atoms with Gasteiger partial charge in [-0.3, -0.25) is 4.79 Å². The summed E-state index contributed by atoms with van der Waals surface area (Å²) in [6.45, 7) is 2.46. The summed E-state index contributed by atoms with van der Waals surface area (Å²) in [6, 6.07) is 0. The van der Waals surface area contributed by atoms with Crippen LogP contribution in [0, 0.1) is 0 Å². The third kappa shape index (κ3) is 1.23. The van der Waals surface area contributed by atoms with Crippen LogP contribution in [-0.4, -0.2) is 47.5 Å². The van der Waals surface area contributed by atoms with E-state index in [0.717, 1.165) is 6.54 Å². The number of amides is 1. The van der Waals surface area contributed by atoms with Crippen molar-refractivity contribution >= 4 is 6.41 Å². The molecule has 1 aliphatic rings. The van der Waals surface area contributed by atoms with Crippen molar-refractivity contribution in [3.8, 4) is 0 Å². The van der Waals surface area contributed by atoms with Gasteiger partial charge in [0.1, 0.15) is 6.54 Å². The van der Waals surface area contributed by atoms with E-state index in [4.69, 9.17) is 0 Å². The van der Waals surface area contributed by atoms with Crippen molar-refractivity contribution in [1.82, 2.24) is 5.01 Å². The van der Waals surface area contributed by atoms with E-state index < -0.39 is 5.72 Å². The predicted octanol–water partition coefficient (Wildman–Crippen LogP) is -0.452. The van der Waals surface area contributed by atoms with Crippen LogP contribution in [0.25, 0.3) is 0 Å². The Morgan fingerprint density at radius 2 is 2.18 bits per heavy atom. The number of nitrogens with zero attached hydrogens (tertiary/aromatic N) is 2. The lowest BCUT2D eigenvalue weighted by Crippen LogP contribution is -2.55. The van der Waals surface area contributed by atoms with Crippen molar-refractivity contribution in [3.05, 3.63) is 0 Å². The fourth-order valence-corrected chi connectivity index (χ4v) is 1.53. The summed E-state index contributed by atoms with van der Waals surface area (Å²) >= 11 is 0. The lowest BCUT2D eigenvalue weighted by atomic mass is 10.2. The van der Waals surface area contributed by atoms with E-state index in [2.05, 4.69) is 0 Å². The Balaban J connectivity index is 2.88. The van der Waals surface area contributed by atoms with Gasteiger partial charge in [-0.1, -0.05) is 0 Å². The van der Waals surface area contributed by atoms with Crippen LogP contribution in [0.3, 0.4) is 0 Å². The zero-order valence-electron chi connectivity index (χ0n) is 7.24. The number of quaternary nitrogens is 1. The van der Waals surface area contributed by atoms with Crippen LogP contribution in [0.15, 0.2) is 0 Å². The molecule has 0 unspecified atom stereocenters. The molecule has 0 saturated carbocycles. The molecule has 0 aliphatic carbocycles. The third-order valence-electron chi connectivity index (χ3n) is 2.31. The topological polar surface area (TPSA) is 40.5 Å². The highest BCUT2D eigenvalue weighted by molar-refractivity contribution is 5.46. The number of carbonyl (C=O) groups excluding carboxylic acids is 1. The van der Waals surface area contributed by atoms with Crippen LogP contribution in [0.5, 0.6) is 0 Å². The first kappa shape index (κ1) is 8.49. The Morgan fingerprint density at radius 3 is 2.36 bits per heavy atom. The number of hydrogen-bond donors (Lipinski definition) is 1. The summed E-state index contributed by atoms with van der Waals surface area (Å²) in [5.41, 5.74) is -0.967. The van der Waals surface area contributed by atoms with Gasteiger partial charge in [0, 0.05) is 0 Å². The first-order valence-electron chi connectivity index (χ1n) is 3.71. The van der Waals surface area contributed by atoms with Crippen LogP contribution < -0.4 is 0 Å². The maximum absolute atomic E-state index is 10.6. The van der Waals surface area contributed by atoms with Gasteiger partial charge in [-0.25, -0.2) is 4.59 Å². The fourth-order valence-electron chi connectivity index (χ4n) is 1.53. The average Bonchev–Trinajstić information content (AvgIpc) is 2.03. The molecule has 1 heterocycles. The molecule has 1 N–H and O–H groups in total. The van der Waals surface area contributed by atoms with E-state index in [9.17, 15) is 9.90 Å². The number of aliphatic hydroxyl groups is 1. The minimum atomic E-state index is -0.967. The van der Waals surface area contributed by atoms with Gasteiger partial charge >= 0.3 is 0 Å². The second-order valence-electron chi connectivity index (χ2n) is 3.76. The number of rotatable bonds is 1. The normalized spacial score (nSPS) is 35.8. The fraction of sp³-hybridized carbons (Fsp3) is 0.857. The van der Waals surface area contributed by atoms with Gasteiger partial charge in [0.25, 0.3) is 6.41 Å². The third-order valence-corrected chi connectivity index (χ3v) is 2.31. The zero-order chi connectivity index (χ0) is 8.70. The number of carbonyl (C=O) groups is 1. The van der Waals surface area contributed by atoms with Gasteiger partial charge in [0.2, 0.25) is 0 Å². The van der Waals surface area contributed by atoms with Crippen molar-refractivity contribution in [2.45, 2.75) is 19.1 Å². The lowest BCUT2D eigenvalue weighted by Gasteiger charge is -2.34. The molecule has 11 heavy (non-hydrogen) atoms. The summed E-state index contributed by atoms with van der Waals surface area (Å²) in [7, 11) is 3.80. The van der Waals surface area contributed by atoms with Crippen LogP contribution in [0.1, 0.15) is 13.3 Å². The van der Waals surface area contributed by atoms with Crippen molar-refractivity contribution < 1.29 is 14.5 Å². The highest BCUT2D eigenvalue weighted by atomic mass is 16.3. The van der Waals surface area contributed by atoms with E-state index in [1.54, 1.807) is 6.92 Å². The maximum Gasteiger partial charge on any atom is 0.258 e. The highest BCUT2D eigenvalue weighted by Gasteiger charge is 2.47. The summed E-state index contributed by atoms with van der Waals surface area (Å²) in [6.07, 6.45) is 1.34. The molecule has 0 spiro atoms. The van der Waals surface area contributed by atoms with Crippen LogP contribution >= 0.6 is 0 Å². The molecule has 1 rings (SSSR count). The Labute approximate surface area is 66.6 Å². The van der Waals surface area contributed by atoms with Gasteiger partial charge in [-0.05, 0) is 6.92 Å². The van der Waals surface area contributed by atoms with Gasteiger partial charge in [-0.15, -0.1) is 0 Å². The molecule has 0 radical (unpaired) electrons. The SMILES string of the molecule is C[C@@]1(O)CC[N+](C)(C)N1C=O. The quantitative estimate of drug-likeness (QED) is 0.416. The van der Waals surface area contributed by atoms with Gasteiger partial charge in [0.15, 0.2) is 5.72 Å². The molecule has 1 fully saturated rings. The van der Waals surface area contributed by atoms with Crippen LogP contribution in [0.4, 0.5) is 0 Å². The molecular formula is C7H15N2O2+. The predicted molar refractivity (Wildman–Crippen MR) is 40.1 cm³/mol. The van der Waals surface area contributed by atoms with Gasteiger partial charge in [-0.2, -0.15) is 5.01 Å². The van der Waals surface area contributed by atoms with Gasteiger partial charge in [0.05, 0.1) is 20.5 Å². The molecule has 64 valence electrons. The van der Waals surface area contributed by atoms with Crippen LogP contribution in [-0.2, 0) is 4.79 Å². The molecule has 4 heteroatoms. The average molecular weight is 159 g/mol. The zero-order valence-corrected chi connectivity index (χ0v) is 7.24. The van der Waals surface area contributed by atoms with E-state index >= 15 is 0 Å². The molecule has 1 amide bonds. The first-order chi connectivity index (χ1) is 4.90. The van der Waals surface area contributed by atoms with Crippen molar-refractivity contribution in [3.63, 3.8) is 0 Å². The molecule has 0 aromatic rings. The van der Waals surface area contributed by atoms with Crippen molar-refractivity contribution in [2.24, 2.45) is 0 Å². The summed E-state index contributed by atoms with van der Waals surface area (Å²) in [5.74, 6) is 0. The number of hydrogen-bond acceptors (Lipinski definition) is 2.